The molecule has 0 aromatic carbocycles. The number of amides is 1. The van der Waals surface area contributed by atoms with E-state index in [2.05, 4.69) is 14.1 Å². The summed E-state index contributed by atoms with van der Waals surface area (Å²) >= 11 is 1.02. The fourth-order valence-corrected chi connectivity index (χ4v) is 2.58. The molecular weight excluding hydrogens is 226 g/mol. The number of carbonyl (C=O) groups excluding carboxylic acids is 1. The zero-order chi connectivity index (χ0) is 11.6. The highest BCUT2D eigenvalue weighted by atomic mass is 32.1. The lowest BCUT2D eigenvalue weighted by Gasteiger charge is -2.29. The highest BCUT2D eigenvalue weighted by Gasteiger charge is 2.39. The van der Waals surface area contributed by atoms with E-state index in [4.69, 9.17) is 0 Å². The molecule has 2 unspecified atom stereocenters. The molecule has 1 aromatic heterocycles. The number of aliphatic hydroxyl groups is 1. The third-order valence-electron chi connectivity index (χ3n) is 3.34. The van der Waals surface area contributed by atoms with Crippen molar-refractivity contribution < 1.29 is 9.90 Å². The van der Waals surface area contributed by atoms with Crippen LogP contribution < -0.4 is 5.32 Å². The molecule has 16 heavy (non-hydrogen) atoms. The summed E-state index contributed by atoms with van der Waals surface area (Å²) in [7, 11) is 0. The van der Waals surface area contributed by atoms with Gasteiger partial charge in [0, 0.05) is 11.5 Å². The van der Waals surface area contributed by atoms with Crippen LogP contribution in [-0.4, -0.2) is 32.4 Å². The third kappa shape index (κ3) is 2.08. The molecule has 0 saturated heterocycles. The number of nitrogens with zero attached hydrogens (tertiary/aromatic N) is 2. The van der Waals surface area contributed by atoms with Gasteiger partial charge in [-0.1, -0.05) is 13.3 Å². The van der Waals surface area contributed by atoms with Gasteiger partial charge in [0.15, 0.2) is 5.69 Å². The zero-order valence-electron chi connectivity index (χ0n) is 9.14. The maximum absolute atomic E-state index is 11.8. The number of rotatable bonds is 3. The van der Waals surface area contributed by atoms with E-state index < -0.39 is 0 Å². The molecule has 0 spiro atoms. The first-order chi connectivity index (χ1) is 7.65. The van der Waals surface area contributed by atoms with Crippen molar-refractivity contribution in [1.29, 1.82) is 0 Å². The second-order valence-electron chi connectivity index (χ2n) is 4.52. The van der Waals surface area contributed by atoms with Crippen molar-refractivity contribution >= 4 is 17.6 Å². The first-order valence-corrected chi connectivity index (χ1v) is 6.08. The molecule has 1 fully saturated rings. The SMILES string of the molecule is CC1(CO)CCCC1NC(=O)c1cnsn1. The molecule has 5 nitrogen and oxygen atoms in total. The van der Waals surface area contributed by atoms with E-state index >= 15 is 0 Å². The van der Waals surface area contributed by atoms with Crippen molar-refractivity contribution in [3.8, 4) is 0 Å². The Morgan fingerprint density at radius 3 is 3.25 bits per heavy atom. The van der Waals surface area contributed by atoms with E-state index in [9.17, 15) is 9.90 Å². The molecule has 1 amide bonds. The number of aromatic nitrogens is 2. The van der Waals surface area contributed by atoms with Crippen molar-refractivity contribution in [3.63, 3.8) is 0 Å². The molecule has 2 atom stereocenters. The Labute approximate surface area is 98.2 Å². The minimum absolute atomic E-state index is 0.0340. The highest BCUT2D eigenvalue weighted by Crippen LogP contribution is 2.37. The van der Waals surface area contributed by atoms with Gasteiger partial charge in [0.05, 0.1) is 24.5 Å². The van der Waals surface area contributed by atoms with Crippen LogP contribution in [0.3, 0.4) is 0 Å². The lowest BCUT2D eigenvalue weighted by Crippen LogP contribution is -2.44. The molecule has 2 N–H and O–H groups in total. The lowest BCUT2D eigenvalue weighted by atomic mass is 9.86. The van der Waals surface area contributed by atoms with Gasteiger partial charge in [0.25, 0.3) is 5.91 Å². The second kappa shape index (κ2) is 4.47. The molecule has 1 saturated carbocycles. The molecule has 6 heteroatoms. The predicted octanol–water partition coefficient (Wildman–Crippen LogP) is 0.819. The number of carbonyl (C=O) groups is 1. The topological polar surface area (TPSA) is 75.1 Å². The van der Waals surface area contributed by atoms with Crippen LogP contribution in [0.5, 0.6) is 0 Å². The van der Waals surface area contributed by atoms with Crippen LogP contribution in [0.15, 0.2) is 6.20 Å². The van der Waals surface area contributed by atoms with E-state index in [-0.39, 0.29) is 24.0 Å². The second-order valence-corrected chi connectivity index (χ2v) is 5.08. The zero-order valence-corrected chi connectivity index (χ0v) is 9.96. The first kappa shape index (κ1) is 11.5. The average molecular weight is 241 g/mol. The fourth-order valence-electron chi connectivity index (χ4n) is 2.17. The van der Waals surface area contributed by atoms with E-state index in [1.54, 1.807) is 0 Å². The molecule has 0 radical (unpaired) electrons. The maximum Gasteiger partial charge on any atom is 0.272 e. The van der Waals surface area contributed by atoms with E-state index in [1.807, 2.05) is 6.92 Å². The van der Waals surface area contributed by atoms with Gasteiger partial charge in [0.2, 0.25) is 0 Å². The molecule has 0 bridgehead atoms. The number of hydrogen-bond donors (Lipinski definition) is 2. The number of hydrogen-bond acceptors (Lipinski definition) is 5. The van der Waals surface area contributed by atoms with Gasteiger partial charge in [-0.15, -0.1) is 0 Å². The highest BCUT2D eigenvalue weighted by molar-refractivity contribution is 6.99. The lowest BCUT2D eigenvalue weighted by molar-refractivity contribution is 0.0827. The van der Waals surface area contributed by atoms with E-state index in [0.717, 1.165) is 31.0 Å². The Hall–Kier alpha value is -1.01. The molecule has 1 aromatic rings. The Bertz CT molecular complexity index is 368. The quantitative estimate of drug-likeness (QED) is 0.821. The molecule has 1 aliphatic carbocycles. The summed E-state index contributed by atoms with van der Waals surface area (Å²) in [5.41, 5.74) is 0.163. The van der Waals surface area contributed by atoms with Crippen LogP contribution in [0.2, 0.25) is 0 Å². The summed E-state index contributed by atoms with van der Waals surface area (Å²) in [5, 5.41) is 12.3. The smallest absolute Gasteiger partial charge is 0.272 e. The van der Waals surface area contributed by atoms with Crippen molar-refractivity contribution in [1.82, 2.24) is 14.1 Å². The predicted molar refractivity (Wildman–Crippen MR) is 60.2 cm³/mol. The van der Waals surface area contributed by atoms with Crippen LogP contribution >= 0.6 is 11.7 Å². The summed E-state index contributed by atoms with van der Waals surface area (Å²) in [6.45, 7) is 2.11. The molecule has 0 aliphatic heterocycles. The van der Waals surface area contributed by atoms with Crippen molar-refractivity contribution in [2.24, 2.45) is 5.41 Å². The van der Waals surface area contributed by atoms with Gasteiger partial charge < -0.3 is 10.4 Å². The summed E-state index contributed by atoms with van der Waals surface area (Å²) in [5.74, 6) is -0.194. The normalized spacial score (nSPS) is 29.2. The van der Waals surface area contributed by atoms with Crippen LogP contribution in [0.4, 0.5) is 0 Å². The molecule has 1 aliphatic rings. The number of aliphatic hydroxyl groups excluding tert-OH is 1. The van der Waals surface area contributed by atoms with E-state index in [0.29, 0.717) is 5.69 Å². The number of nitrogens with one attached hydrogen (secondary N) is 1. The van der Waals surface area contributed by atoms with Crippen molar-refractivity contribution in [2.75, 3.05) is 6.61 Å². The monoisotopic (exact) mass is 241 g/mol. The van der Waals surface area contributed by atoms with Gasteiger partial charge >= 0.3 is 0 Å². The van der Waals surface area contributed by atoms with Crippen LogP contribution in [0.25, 0.3) is 0 Å². The van der Waals surface area contributed by atoms with Crippen LogP contribution in [0, 0.1) is 5.41 Å². The average Bonchev–Trinajstić information content (AvgIpc) is 2.89. The van der Waals surface area contributed by atoms with Crippen molar-refractivity contribution in [3.05, 3.63) is 11.9 Å². The molecular formula is C10H15N3O2S. The van der Waals surface area contributed by atoms with Gasteiger partial charge in [-0.05, 0) is 12.8 Å². The Kier molecular flexibility index (Phi) is 3.20. The Balaban J connectivity index is 2.02. The fraction of sp³-hybridized carbons (Fsp3) is 0.700. The van der Waals surface area contributed by atoms with Crippen LogP contribution in [-0.2, 0) is 0 Å². The molecule has 2 rings (SSSR count). The summed E-state index contributed by atoms with van der Waals surface area (Å²) in [6.07, 6.45) is 4.37. The molecule has 1 heterocycles. The van der Waals surface area contributed by atoms with E-state index in [1.165, 1.54) is 6.20 Å². The standard InChI is InChI=1S/C10H15N3O2S/c1-10(6-14)4-2-3-8(10)12-9(15)7-5-11-16-13-7/h5,8,14H,2-4,6H2,1H3,(H,12,15). The summed E-state index contributed by atoms with van der Waals surface area (Å²) in [4.78, 5) is 11.8. The first-order valence-electron chi connectivity index (χ1n) is 5.35. The minimum Gasteiger partial charge on any atom is -0.396 e. The largest absolute Gasteiger partial charge is 0.396 e. The van der Waals surface area contributed by atoms with Gasteiger partial charge in [-0.3, -0.25) is 4.79 Å². The molecule has 88 valence electrons. The maximum atomic E-state index is 11.8. The summed E-state index contributed by atoms with van der Waals surface area (Å²) in [6, 6.07) is 0.0340. The van der Waals surface area contributed by atoms with Gasteiger partial charge in [0.1, 0.15) is 0 Å². The van der Waals surface area contributed by atoms with Gasteiger partial charge in [-0.25, -0.2) is 0 Å². The Morgan fingerprint density at radius 1 is 1.81 bits per heavy atom. The van der Waals surface area contributed by atoms with Crippen molar-refractivity contribution in [2.45, 2.75) is 32.2 Å². The minimum atomic E-state index is -0.195. The summed E-state index contributed by atoms with van der Waals surface area (Å²) < 4.78 is 7.68. The van der Waals surface area contributed by atoms with Gasteiger partial charge in [-0.2, -0.15) is 8.75 Å². The van der Waals surface area contributed by atoms with Crippen LogP contribution in [0.1, 0.15) is 36.7 Å². The Morgan fingerprint density at radius 2 is 2.62 bits per heavy atom. The third-order valence-corrected chi connectivity index (χ3v) is 3.82.